The summed E-state index contributed by atoms with van der Waals surface area (Å²) in [5.74, 6) is 0.0337. The second-order valence-corrected chi connectivity index (χ2v) is 16.4. The largest absolute Gasteiger partial charge is 0.356 e. The zero-order valence-corrected chi connectivity index (χ0v) is 29.9. The van der Waals surface area contributed by atoms with E-state index >= 15 is 0 Å². The van der Waals surface area contributed by atoms with E-state index in [1.54, 1.807) is 36.4 Å². The van der Waals surface area contributed by atoms with Crippen LogP contribution in [0.2, 0.25) is 0 Å². The van der Waals surface area contributed by atoms with Crippen LogP contribution in [-0.4, -0.2) is 58.6 Å². The standard InChI is InChI=1S/C38H41N3O6S2/c1-38(2,3)32-17-13-28(14-18-32)34(23-26-9-11-29(12-10-26)37(42)39-21-22-48(43)44)35-25-36(47-40-35)31-8-6-7-30(24-31)27-15-19-33(20-16-27)49(45,46)41(4)5/h6-20,24-25,34,48H,21-23H2,1-5H3,(H,39,42). The molecule has 1 atom stereocenters. The minimum absolute atomic E-state index is 0.000741. The van der Waals surface area contributed by atoms with Crippen LogP contribution < -0.4 is 5.32 Å². The first-order valence-corrected chi connectivity index (χ1v) is 18.7. The maximum absolute atomic E-state index is 12.5. The summed E-state index contributed by atoms with van der Waals surface area (Å²) in [6.45, 7) is 6.60. The van der Waals surface area contributed by atoms with Crippen LogP contribution in [0.15, 0.2) is 113 Å². The average molecular weight is 700 g/mol. The highest BCUT2D eigenvalue weighted by Gasteiger charge is 2.22. The predicted molar refractivity (Wildman–Crippen MR) is 193 cm³/mol. The number of carbonyl (C=O) groups excluding carboxylic acids is 1. The van der Waals surface area contributed by atoms with Gasteiger partial charge in [-0.1, -0.05) is 92.7 Å². The molecule has 0 bridgehead atoms. The maximum Gasteiger partial charge on any atom is 0.251 e. The van der Waals surface area contributed by atoms with Gasteiger partial charge >= 0.3 is 0 Å². The van der Waals surface area contributed by atoms with E-state index < -0.39 is 20.7 Å². The summed E-state index contributed by atoms with van der Waals surface area (Å²) in [4.78, 5) is 12.7. The quantitative estimate of drug-likeness (QED) is 0.147. The molecule has 0 spiro atoms. The highest BCUT2D eigenvalue weighted by Crippen LogP contribution is 2.34. The lowest BCUT2D eigenvalue weighted by atomic mass is 9.83. The molecule has 1 aromatic heterocycles. The number of sulfonamides is 1. The summed E-state index contributed by atoms with van der Waals surface area (Å²) in [6.07, 6.45) is 0.599. The number of benzene rings is 4. The Kier molecular flexibility index (Phi) is 10.9. The summed E-state index contributed by atoms with van der Waals surface area (Å²) < 4.78 is 53.8. The van der Waals surface area contributed by atoms with Gasteiger partial charge in [0.1, 0.15) is 10.7 Å². The molecule has 0 aliphatic rings. The van der Waals surface area contributed by atoms with E-state index in [0.717, 1.165) is 33.5 Å². The summed E-state index contributed by atoms with van der Waals surface area (Å²) in [5.41, 5.74) is 7.11. The number of rotatable bonds is 12. The molecule has 0 saturated heterocycles. The molecule has 5 rings (SSSR count). The van der Waals surface area contributed by atoms with E-state index in [1.165, 1.54) is 24.0 Å². The SMILES string of the molecule is CN(C)S(=O)(=O)c1ccc(-c2cccc(-c3cc(C(Cc4ccc(C(=O)NCC[SH](=O)=O)cc4)c4ccc(C(C)(C)C)cc4)no3)c2)cc1. The number of hydrogen-bond acceptors (Lipinski definition) is 7. The van der Waals surface area contributed by atoms with Crippen molar-refractivity contribution in [3.05, 3.63) is 131 Å². The van der Waals surface area contributed by atoms with E-state index in [1.807, 2.05) is 42.5 Å². The third-order valence-electron chi connectivity index (χ3n) is 8.41. The number of hydrogen-bond donors (Lipinski definition) is 2. The van der Waals surface area contributed by atoms with Crippen molar-refractivity contribution >= 4 is 26.6 Å². The second-order valence-electron chi connectivity index (χ2n) is 13.1. The summed E-state index contributed by atoms with van der Waals surface area (Å²) in [7, 11) is -3.06. The first-order chi connectivity index (χ1) is 23.2. The van der Waals surface area contributed by atoms with Crippen molar-refractivity contribution in [3.63, 3.8) is 0 Å². The molecule has 1 amide bonds. The Morgan fingerprint density at radius 3 is 2.12 bits per heavy atom. The van der Waals surface area contributed by atoms with E-state index in [9.17, 15) is 21.6 Å². The van der Waals surface area contributed by atoms with Crippen LogP contribution in [0.5, 0.6) is 0 Å². The van der Waals surface area contributed by atoms with Crippen molar-refractivity contribution in [1.82, 2.24) is 14.8 Å². The molecule has 256 valence electrons. The lowest BCUT2D eigenvalue weighted by Gasteiger charge is -2.21. The summed E-state index contributed by atoms with van der Waals surface area (Å²) in [5, 5.41) is 7.16. The molecular formula is C38H41N3O6S2. The molecule has 1 N–H and O–H groups in total. The average Bonchev–Trinajstić information content (AvgIpc) is 3.57. The molecule has 1 heterocycles. The van der Waals surface area contributed by atoms with Gasteiger partial charge in [0.2, 0.25) is 10.0 Å². The second kappa shape index (κ2) is 14.9. The normalized spacial score (nSPS) is 12.7. The molecule has 49 heavy (non-hydrogen) atoms. The molecule has 9 nitrogen and oxygen atoms in total. The fourth-order valence-electron chi connectivity index (χ4n) is 5.47. The van der Waals surface area contributed by atoms with Gasteiger partial charge in [-0.2, -0.15) is 0 Å². The molecule has 0 saturated carbocycles. The maximum atomic E-state index is 12.5. The van der Waals surface area contributed by atoms with Gasteiger partial charge in [0.25, 0.3) is 5.91 Å². The minimum Gasteiger partial charge on any atom is -0.356 e. The fraction of sp³-hybridized carbons (Fsp3) is 0.263. The topological polar surface area (TPSA) is 127 Å². The van der Waals surface area contributed by atoms with Gasteiger partial charge < -0.3 is 9.84 Å². The zero-order valence-electron chi connectivity index (χ0n) is 28.2. The number of thiol groups is 1. The van der Waals surface area contributed by atoms with Gasteiger partial charge in [-0.05, 0) is 70.0 Å². The number of aromatic nitrogens is 1. The Labute approximate surface area is 290 Å². The first-order valence-electron chi connectivity index (χ1n) is 15.9. The number of nitrogens with zero attached hydrogens (tertiary/aromatic N) is 2. The minimum atomic E-state index is -3.53. The number of amides is 1. The Morgan fingerprint density at radius 2 is 1.51 bits per heavy atom. The van der Waals surface area contributed by atoms with Crippen LogP contribution >= 0.6 is 0 Å². The van der Waals surface area contributed by atoms with Crippen molar-refractivity contribution in [3.8, 4) is 22.5 Å². The molecule has 11 heteroatoms. The van der Waals surface area contributed by atoms with E-state index in [0.29, 0.717) is 17.7 Å². The lowest BCUT2D eigenvalue weighted by Crippen LogP contribution is -2.26. The monoisotopic (exact) mass is 699 g/mol. The molecular weight excluding hydrogens is 659 g/mol. The van der Waals surface area contributed by atoms with Crippen molar-refractivity contribution < 1.29 is 26.2 Å². The van der Waals surface area contributed by atoms with Gasteiger partial charge in [0.15, 0.2) is 5.76 Å². The van der Waals surface area contributed by atoms with Crippen LogP contribution in [0.3, 0.4) is 0 Å². The van der Waals surface area contributed by atoms with Crippen molar-refractivity contribution in [2.45, 2.75) is 43.4 Å². The zero-order chi connectivity index (χ0) is 35.3. The van der Waals surface area contributed by atoms with Crippen LogP contribution in [0, 0.1) is 0 Å². The molecule has 0 aliphatic heterocycles. The predicted octanol–water partition coefficient (Wildman–Crippen LogP) is 6.27. The molecule has 5 aromatic rings. The Bertz CT molecular complexity index is 2090. The molecule has 0 fully saturated rings. The Hall–Kier alpha value is -4.58. The molecule has 4 aromatic carbocycles. The van der Waals surface area contributed by atoms with Gasteiger partial charge in [0.05, 0.1) is 16.3 Å². The third-order valence-corrected chi connectivity index (χ3v) is 10.8. The highest BCUT2D eigenvalue weighted by molar-refractivity contribution is 7.89. The van der Waals surface area contributed by atoms with Crippen LogP contribution in [-0.2, 0) is 32.6 Å². The van der Waals surface area contributed by atoms with E-state index in [4.69, 9.17) is 4.52 Å². The summed E-state index contributed by atoms with van der Waals surface area (Å²) in [6, 6.07) is 32.4. The van der Waals surface area contributed by atoms with Gasteiger partial charge in [0, 0.05) is 43.8 Å². The molecule has 0 radical (unpaired) electrons. The van der Waals surface area contributed by atoms with Gasteiger partial charge in [-0.15, -0.1) is 0 Å². The van der Waals surface area contributed by atoms with Gasteiger partial charge in [-0.25, -0.2) is 21.1 Å². The molecule has 1 unspecified atom stereocenters. The van der Waals surface area contributed by atoms with Crippen LogP contribution in [0.4, 0.5) is 0 Å². The van der Waals surface area contributed by atoms with Crippen LogP contribution in [0.25, 0.3) is 22.5 Å². The van der Waals surface area contributed by atoms with Crippen molar-refractivity contribution in [2.75, 3.05) is 26.4 Å². The smallest absolute Gasteiger partial charge is 0.251 e. The highest BCUT2D eigenvalue weighted by atomic mass is 32.2. The Morgan fingerprint density at radius 1 is 0.857 bits per heavy atom. The third kappa shape index (κ3) is 8.72. The number of nitrogens with one attached hydrogen (secondary N) is 1. The Balaban J connectivity index is 1.42. The summed E-state index contributed by atoms with van der Waals surface area (Å²) >= 11 is 0. The van der Waals surface area contributed by atoms with Gasteiger partial charge in [-0.3, -0.25) is 4.79 Å². The lowest BCUT2D eigenvalue weighted by molar-refractivity contribution is 0.0956. The molecule has 0 aliphatic carbocycles. The van der Waals surface area contributed by atoms with Crippen molar-refractivity contribution in [2.24, 2.45) is 0 Å². The number of carbonyl (C=O) groups is 1. The first kappa shape index (κ1) is 35.7. The van der Waals surface area contributed by atoms with E-state index in [2.05, 4.69) is 55.5 Å². The fourth-order valence-corrected chi connectivity index (χ4v) is 6.67. The van der Waals surface area contributed by atoms with E-state index in [-0.39, 0.29) is 34.4 Å². The van der Waals surface area contributed by atoms with Crippen molar-refractivity contribution in [1.29, 1.82) is 0 Å². The van der Waals surface area contributed by atoms with Crippen LogP contribution in [0.1, 0.15) is 59.4 Å².